The van der Waals surface area contributed by atoms with Gasteiger partial charge in [-0.05, 0) is 53.9 Å². The van der Waals surface area contributed by atoms with Gasteiger partial charge in [0.2, 0.25) is 0 Å². The van der Waals surface area contributed by atoms with Crippen molar-refractivity contribution in [3.63, 3.8) is 0 Å². The molecule has 5 heteroatoms. The standard InChI is InChI=1S/C32H27N3O2/c1-22-30(32(36)35(34-22)25-12-6-3-7-13-25)31(28-20-33-29-15-9-8-14-27(28)29)24-16-18-26(19-17-24)37-21-23-10-4-2-5-11-23/h2-20,31,33-34H,21H2,1H3. The van der Waals surface area contributed by atoms with Gasteiger partial charge in [0.25, 0.3) is 5.56 Å². The molecular weight excluding hydrogens is 458 g/mol. The fourth-order valence-corrected chi connectivity index (χ4v) is 4.99. The molecule has 0 bridgehead atoms. The van der Waals surface area contributed by atoms with Crippen molar-refractivity contribution in [2.75, 3.05) is 0 Å². The molecule has 182 valence electrons. The van der Waals surface area contributed by atoms with Gasteiger partial charge in [-0.3, -0.25) is 9.89 Å². The zero-order valence-electron chi connectivity index (χ0n) is 20.5. The highest BCUT2D eigenvalue weighted by Gasteiger charge is 2.27. The Morgan fingerprint density at radius 2 is 1.49 bits per heavy atom. The Bertz CT molecular complexity index is 1690. The number of aryl methyl sites for hydroxylation is 1. The molecule has 0 saturated heterocycles. The van der Waals surface area contributed by atoms with E-state index >= 15 is 0 Å². The number of benzene rings is 4. The molecule has 4 aromatic carbocycles. The first-order valence-corrected chi connectivity index (χ1v) is 12.4. The number of ether oxygens (including phenoxy) is 1. The van der Waals surface area contributed by atoms with E-state index in [9.17, 15) is 4.79 Å². The van der Waals surface area contributed by atoms with E-state index in [2.05, 4.69) is 34.3 Å². The highest BCUT2D eigenvalue weighted by Crippen LogP contribution is 2.37. The fraction of sp³-hybridized carbons (Fsp3) is 0.0938. The third kappa shape index (κ3) is 4.36. The Morgan fingerprint density at radius 3 is 2.24 bits per heavy atom. The van der Waals surface area contributed by atoms with Crippen LogP contribution in [0.25, 0.3) is 16.6 Å². The Labute approximate surface area is 215 Å². The van der Waals surface area contributed by atoms with Gasteiger partial charge in [0.05, 0.1) is 11.3 Å². The number of aromatic nitrogens is 3. The van der Waals surface area contributed by atoms with Crippen LogP contribution in [-0.2, 0) is 6.61 Å². The summed E-state index contributed by atoms with van der Waals surface area (Å²) in [6.45, 7) is 2.47. The maximum atomic E-state index is 13.9. The normalized spacial score (nSPS) is 12.0. The number of nitrogens with zero attached hydrogens (tertiary/aromatic N) is 1. The lowest BCUT2D eigenvalue weighted by Gasteiger charge is -2.17. The summed E-state index contributed by atoms with van der Waals surface area (Å²) < 4.78 is 7.65. The third-order valence-electron chi connectivity index (χ3n) is 6.81. The highest BCUT2D eigenvalue weighted by molar-refractivity contribution is 5.84. The number of nitrogens with one attached hydrogen (secondary N) is 2. The SMILES string of the molecule is Cc1[nH]n(-c2ccccc2)c(=O)c1C(c1ccc(OCc2ccccc2)cc1)c1c[nH]c2ccccc12. The van der Waals surface area contributed by atoms with E-state index in [1.54, 1.807) is 4.68 Å². The van der Waals surface area contributed by atoms with Crippen molar-refractivity contribution in [3.8, 4) is 11.4 Å². The molecule has 6 aromatic rings. The minimum absolute atomic E-state index is 0.0524. The molecule has 2 heterocycles. The molecule has 2 N–H and O–H groups in total. The fourth-order valence-electron chi connectivity index (χ4n) is 4.99. The number of H-pyrrole nitrogens is 2. The molecular formula is C32H27N3O2. The third-order valence-corrected chi connectivity index (χ3v) is 6.81. The smallest absolute Gasteiger partial charge is 0.275 e. The van der Waals surface area contributed by atoms with E-state index in [0.29, 0.717) is 6.61 Å². The largest absolute Gasteiger partial charge is 0.489 e. The summed E-state index contributed by atoms with van der Waals surface area (Å²) in [6, 6.07) is 36.1. The minimum atomic E-state index is -0.256. The lowest BCUT2D eigenvalue weighted by molar-refractivity contribution is 0.306. The maximum Gasteiger partial charge on any atom is 0.275 e. The monoisotopic (exact) mass is 485 g/mol. The van der Waals surface area contributed by atoms with E-state index in [4.69, 9.17) is 4.74 Å². The second kappa shape index (κ2) is 9.70. The second-order valence-electron chi connectivity index (χ2n) is 9.19. The van der Waals surface area contributed by atoms with Crippen LogP contribution in [0.3, 0.4) is 0 Å². The molecule has 6 rings (SSSR count). The molecule has 0 fully saturated rings. The summed E-state index contributed by atoms with van der Waals surface area (Å²) >= 11 is 0. The first-order chi connectivity index (χ1) is 18.2. The Morgan fingerprint density at radius 1 is 0.811 bits per heavy atom. The zero-order valence-corrected chi connectivity index (χ0v) is 20.5. The van der Waals surface area contributed by atoms with Crippen LogP contribution in [0.2, 0.25) is 0 Å². The Kier molecular flexibility index (Phi) is 5.95. The maximum absolute atomic E-state index is 13.9. The van der Waals surface area contributed by atoms with E-state index in [0.717, 1.165) is 50.3 Å². The number of para-hydroxylation sites is 2. The molecule has 0 radical (unpaired) electrons. The number of fused-ring (bicyclic) bond motifs is 1. The Balaban J connectivity index is 1.43. The second-order valence-corrected chi connectivity index (χ2v) is 9.19. The molecule has 5 nitrogen and oxygen atoms in total. The molecule has 0 spiro atoms. The topological polar surface area (TPSA) is 62.8 Å². The first kappa shape index (κ1) is 22.7. The van der Waals surface area contributed by atoms with Crippen LogP contribution in [0.5, 0.6) is 5.75 Å². The molecule has 0 saturated carbocycles. The van der Waals surface area contributed by atoms with Crippen LogP contribution in [-0.4, -0.2) is 14.8 Å². The van der Waals surface area contributed by atoms with Gasteiger partial charge in [0, 0.05) is 28.7 Å². The van der Waals surface area contributed by atoms with Crippen LogP contribution in [0, 0.1) is 6.92 Å². The summed E-state index contributed by atoms with van der Waals surface area (Å²) in [4.78, 5) is 17.3. The van der Waals surface area contributed by atoms with E-state index in [1.165, 1.54) is 0 Å². The average Bonchev–Trinajstić information content (AvgIpc) is 3.50. The molecule has 1 unspecified atom stereocenters. The molecule has 0 aliphatic heterocycles. The van der Waals surface area contributed by atoms with Gasteiger partial charge in [-0.15, -0.1) is 0 Å². The van der Waals surface area contributed by atoms with E-state index in [1.807, 2.05) is 98.0 Å². The van der Waals surface area contributed by atoms with Gasteiger partial charge in [-0.1, -0.05) is 78.9 Å². The lowest BCUT2D eigenvalue weighted by atomic mass is 9.85. The Hall–Kier alpha value is -4.77. The number of hydrogen-bond acceptors (Lipinski definition) is 2. The molecule has 0 amide bonds. The van der Waals surface area contributed by atoms with Gasteiger partial charge in [0.15, 0.2) is 0 Å². The van der Waals surface area contributed by atoms with Crippen LogP contribution < -0.4 is 10.3 Å². The van der Waals surface area contributed by atoms with Crippen molar-refractivity contribution in [3.05, 3.63) is 154 Å². The van der Waals surface area contributed by atoms with Gasteiger partial charge in [-0.2, -0.15) is 0 Å². The van der Waals surface area contributed by atoms with Crippen molar-refractivity contribution >= 4 is 10.9 Å². The zero-order chi connectivity index (χ0) is 25.2. The van der Waals surface area contributed by atoms with Crippen LogP contribution in [0.4, 0.5) is 0 Å². The molecule has 0 aliphatic carbocycles. The van der Waals surface area contributed by atoms with Gasteiger partial charge in [-0.25, -0.2) is 4.68 Å². The lowest BCUT2D eigenvalue weighted by Crippen LogP contribution is -2.20. The van der Waals surface area contributed by atoms with Crippen molar-refractivity contribution in [1.29, 1.82) is 0 Å². The van der Waals surface area contributed by atoms with Crippen LogP contribution in [0.1, 0.15) is 33.9 Å². The van der Waals surface area contributed by atoms with Crippen molar-refractivity contribution in [2.45, 2.75) is 19.4 Å². The predicted molar refractivity (Wildman–Crippen MR) is 148 cm³/mol. The number of rotatable bonds is 7. The summed E-state index contributed by atoms with van der Waals surface area (Å²) in [5, 5.41) is 4.41. The minimum Gasteiger partial charge on any atom is -0.489 e. The van der Waals surface area contributed by atoms with Gasteiger partial charge >= 0.3 is 0 Å². The van der Waals surface area contributed by atoms with Gasteiger partial charge in [0.1, 0.15) is 12.4 Å². The van der Waals surface area contributed by atoms with Crippen molar-refractivity contribution in [2.24, 2.45) is 0 Å². The van der Waals surface area contributed by atoms with Crippen LogP contribution in [0.15, 0.2) is 120 Å². The van der Waals surface area contributed by atoms with Crippen LogP contribution >= 0.6 is 0 Å². The number of aromatic amines is 2. The molecule has 1 atom stereocenters. The predicted octanol–water partition coefficient (Wildman–Crippen LogP) is 6.71. The highest BCUT2D eigenvalue weighted by atomic mass is 16.5. The van der Waals surface area contributed by atoms with Crippen molar-refractivity contribution < 1.29 is 4.74 Å². The number of hydrogen-bond donors (Lipinski definition) is 2. The molecule has 2 aromatic heterocycles. The summed E-state index contributed by atoms with van der Waals surface area (Å²) in [7, 11) is 0. The summed E-state index contributed by atoms with van der Waals surface area (Å²) in [5.41, 5.74) is 6.58. The van der Waals surface area contributed by atoms with Gasteiger partial charge < -0.3 is 9.72 Å². The quantitative estimate of drug-likeness (QED) is 0.264. The summed E-state index contributed by atoms with van der Waals surface area (Å²) in [6.07, 6.45) is 2.02. The molecule has 0 aliphatic rings. The van der Waals surface area contributed by atoms with E-state index < -0.39 is 0 Å². The summed E-state index contributed by atoms with van der Waals surface area (Å²) in [5.74, 6) is 0.533. The molecule has 37 heavy (non-hydrogen) atoms. The average molecular weight is 486 g/mol. The van der Waals surface area contributed by atoms with E-state index in [-0.39, 0.29) is 11.5 Å². The first-order valence-electron chi connectivity index (χ1n) is 12.4. The van der Waals surface area contributed by atoms with Crippen molar-refractivity contribution in [1.82, 2.24) is 14.8 Å².